The van der Waals surface area contributed by atoms with Crippen molar-refractivity contribution in [1.82, 2.24) is 14.0 Å². The smallest absolute Gasteiger partial charge is 0.269 e. The molecular formula is C28H26BrN5O3. The molecule has 6 rings (SSSR count). The van der Waals surface area contributed by atoms with Crippen LogP contribution in [0, 0.1) is 5.92 Å². The zero-order chi connectivity index (χ0) is 25.5. The van der Waals surface area contributed by atoms with Crippen LogP contribution < -0.4 is 5.56 Å². The van der Waals surface area contributed by atoms with Crippen molar-refractivity contribution in [1.29, 1.82) is 0 Å². The Hall–Kier alpha value is -3.56. The number of carbonyl (C=O) groups excluding carboxylic acids is 1. The van der Waals surface area contributed by atoms with Crippen LogP contribution in [-0.4, -0.2) is 38.1 Å². The van der Waals surface area contributed by atoms with E-state index in [4.69, 9.17) is 0 Å². The second-order valence-corrected chi connectivity index (χ2v) is 10.8. The molecule has 0 aliphatic carbocycles. The van der Waals surface area contributed by atoms with Crippen molar-refractivity contribution in [2.24, 2.45) is 16.1 Å². The zero-order valence-electron chi connectivity index (χ0n) is 20.1. The van der Waals surface area contributed by atoms with Crippen molar-refractivity contribution in [2.45, 2.75) is 32.0 Å². The summed E-state index contributed by atoms with van der Waals surface area (Å²) in [5.41, 5.74) is 3.12. The van der Waals surface area contributed by atoms with E-state index in [2.05, 4.69) is 37.1 Å². The number of halogens is 1. The lowest BCUT2D eigenvalue weighted by Crippen LogP contribution is -2.47. The van der Waals surface area contributed by atoms with Crippen molar-refractivity contribution < 1.29 is 9.90 Å². The van der Waals surface area contributed by atoms with Crippen molar-refractivity contribution in [2.75, 3.05) is 13.1 Å². The molecule has 1 fully saturated rings. The summed E-state index contributed by atoms with van der Waals surface area (Å²) in [5, 5.41) is 20.1. The first-order valence-electron chi connectivity index (χ1n) is 12.4. The van der Waals surface area contributed by atoms with Crippen LogP contribution >= 0.6 is 15.9 Å². The lowest BCUT2D eigenvalue weighted by atomic mass is 9.83. The minimum Gasteiger partial charge on any atom is -0.493 e. The van der Waals surface area contributed by atoms with E-state index in [-0.39, 0.29) is 35.4 Å². The second-order valence-electron chi connectivity index (χ2n) is 9.89. The van der Waals surface area contributed by atoms with E-state index in [1.54, 1.807) is 6.07 Å². The standard InChI is InChI=1S/C28H26BrN5O3/c29-21-9-10-24-22(13-21)27(31-30-25(35)12-18-5-2-1-3-6-18)28(37)34(24)17-32-14-19-11-20(16-32)23-7-4-8-26(36)33(23)15-19/h1-10,13,19-20,37H,11-12,14-17H2/t19-,20+/m1/s1. The predicted octanol–water partition coefficient (Wildman–Crippen LogP) is 5.20. The van der Waals surface area contributed by atoms with Gasteiger partial charge in [0, 0.05) is 47.2 Å². The highest BCUT2D eigenvalue weighted by Crippen LogP contribution is 2.41. The van der Waals surface area contributed by atoms with E-state index in [0.717, 1.165) is 52.7 Å². The molecule has 0 radical (unpaired) electrons. The number of rotatable bonds is 5. The third kappa shape index (κ3) is 4.65. The number of pyridine rings is 1. The van der Waals surface area contributed by atoms with Crippen LogP contribution in [-0.2, 0) is 24.4 Å². The number of aromatic nitrogens is 2. The molecule has 2 aromatic heterocycles. The first kappa shape index (κ1) is 23.8. The number of azo groups is 1. The average molecular weight is 560 g/mol. The number of amides is 1. The van der Waals surface area contributed by atoms with E-state index >= 15 is 0 Å². The number of hydrogen-bond acceptors (Lipinski definition) is 5. The Labute approximate surface area is 222 Å². The van der Waals surface area contributed by atoms with Gasteiger partial charge in [-0.15, -0.1) is 10.2 Å². The predicted molar refractivity (Wildman–Crippen MR) is 144 cm³/mol. The summed E-state index contributed by atoms with van der Waals surface area (Å²) in [5.74, 6) is 0.254. The maximum atomic E-state index is 12.5. The molecular weight excluding hydrogens is 534 g/mol. The Bertz CT molecular complexity index is 1580. The maximum absolute atomic E-state index is 12.5. The van der Waals surface area contributed by atoms with Crippen LogP contribution in [0.2, 0.25) is 0 Å². The zero-order valence-corrected chi connectivity index (χ0v) is 21.7. The number of piperidine rings is 1. The van der Waals surface area contributed by atoms with Crippen molar-refractivity contribution in [3.05, 3.63) is 92.8 Å². The molecule has 188 valence electrons. The van der Waals surface area contributed by atoms with E-state index in [1.165, 1.54) is 0 Å². The molecule has 4 heterocycles. The molecule has 1 N–H and O–H groups in total. The third-order valence-electron chi connectivity index (χ3n) is 7.33. The number of benzene rings is 2. The lowest BCUT2D eigenvalue weighted by molar-refractivity contribution is -0.117. The Morgan fingerprint density at radius 1 is 1.03 bits per heavy atom. The first-order valence-corrected chi connectivity index (χ1v) is 13.2. The fourth-order valence-electron chi connectivity index (χ4n) is 5.76. The lowest BCUT2D eigenvalue weighted by Gasteiger charge is -2.42. The van der Waals surface area contributed by atoms with Crippen molar-refractivity contribution in [3.63, 3.8) is 0 Å². The Kier molecular flexibility index (Phi) is 6.26. The average Bonchev–Trinajstić information content (AvgIpc) is 3.13. The number of hydrogen-bond donors (Lipinski definition) is 1. The number of fused-ring (bicyclic) bond motifs is 5. The summed E-state index contributed by atoms with van der Waals surface area (Å²) in [6, 6.07) is 20.7. The van der Waals surface area contributed by atoms with Gasteiger partial charge in [0.1, 0.15) is 0 Å². The van der Waals surface area contributed by atoms with Gasteiger partial charge in [0.2, 0.25) is 5.88 Å². The van der Waals surface area contributed by atoms with E-state index < -0.39 is 0 Å². The fourth-order valence-corrected chi connectivity index (χ4v) is 6.12. The number of aromatic hydroxyl groups is 1. The quantitative estimate of drug-likeness (QED) is 0.340. The highest BCUT2D eigenvalue weighted by Gasteiger charge is 2.35. The van der Waals surface area contributed by atoms with Gasteiger partial charge >= 0.3 is 0 Å². The van der Waals surface area contributed by atoms with Gasteiger partial charge in [-0.1, -0.05) is 52.3 Å². The van der Waals surface area contributed by atoms with Crippen LogP contribution in [0.25, 0.3) is 10.9 Å². The van der Waals surface area contributed by atoms with Crippen LogP contribution in [0.1, 0.15) is 23.6 Å². The monoisotopic (exact) mass is 559 g/mol. The van der Waals surface area contributed by atoms with Gasteiger partial charge in [-0.3, -0.25) is 19.1 Å². The highest BCUT2D eigenvalue weighted by molar-refractivity contribution is 9.10. The van der Waals surface area contributed by atoms with Gasteiger partial charge in [-0.25, -0.2) is 0 Å². The molecule has 0 saturated carbocycles. The Balaban J connectivity index is 1.28. The van der Waals surface area contributed by atoms with Gasteiger partial charge < -0.3 is 9.67 Å². The molecule has 1 amide bonds. The third-order valence-corrected chi connectivity index (χ3v) is 7.82. The largest absolute Gasteiger partial charge is 0.493 e. The fraction of sp³-hybridized carbons (Fsp3) is 0.286. The van der Waals surface area contributed by atoms with E-state index in [9.17, 15) is 14.7 Å². The van der Waals surface area contributed by atoms with Gasteiger partial charge in [-0.05, 0) is 42.2 Å². The highest BCUT2D eigenvalue weighted by atomic mass is 79.9. The maximum Gasteiger partial charge on any atom is 0.269 e. The molecule has 2 aliphatic rings. The van der Waals surface area contributed by atoms with Crippen molar-refractivity contribution in [3.8, 4) is 5.88 Å². The molecule has 2 atom stereocenters. The Morgan fingerprint density at radius 3 is 2.70 bits per heavy atom. The minimum absolute atomic E-state index is 0.0169. The van der Waals surface area contributed by atoms with Crippen molar-refractivity contribution >= 4 is 38.4 Å². The number of carbonyl (C=O) groups is 1. The van der Waals surface area contributed by atoms with Gasteiger partial charge in [0.15, 0.2) is 5.69 Å². The Morgan fingerprint density at radius 2 is 1.86 bits per heavy atom. The molecule has 4 aromatic rings. The molecule has 9 heteroatoms. The molecule has 2 bridgehead atoms. The van der Waals surface area contributed by atoms with Gasteiger partial charge in [0.05, 0.1) is 18.6 Å². The molecule has 2 aromatic carbocycles. The SMILES string of the molecule is O=C(Cc1ccccc1)N=Nc1c(O)n(CN2C[C@H]3C[C@@H](C2)c2cccc(=O)n2C3)c2ccc(Br)cc12. The van der Waals surface area contributed by atoms with Crippen LogP contribution in [0.5, 0.6) is 5.88 Å². The number of nitrogens with zero attached hydrogens (tertiary/aromatic N) is 5. The van der Waals surface area contributed by atoms with Crippen LogP contribution in [0.15, 0.2) is 86.2 Å². The molecule has 1 saturated heterocycles. The molecule has 2 aliphatic heterocycles. The van der Waals surface area contributed by atoms with Crippen LogP contribution in [0.3, 0.4) is 0 Å². The van der Waals surface area contributed by atoms with Gasteiger partial charge in [-0.2, -0.15) is 0 Å². The summed E-state index contributed by atoms with van der Waals surface area (Å²) in [4.78, 5) is 27.2. The number of likely N-dealkylation sites (tertiary alicyclic amines) is 1. The van der Waals surface area contributed by atoms with E-state index in [0.29, 0.717) is 12.6 Å². The summed E-state index contributed by atoms with van der Waals surface area (Å²) < 4.78 is 4.59. The molecule has 8 nitrogen and oxygen atoms in total. The van der Waals surface area contributed by atoms with E-state index in [1.807, 2.05) is 63.7 Å². The summed E-state index contributed by atoms with van der Waals surface area (Å²) in [7, 11) is 0. The summed E-state index contributed by atoms with van der Waals surface area (Å²) in [6.45, 7) is 2.82. The summed E-state index contributed by atoms with van der Waals surface area (Å²) >= 11 is 3.51. The minimum atomic E-state index is -0.376. The molecule has 37 heavy (non-hydrogen) atoms. The molecule has 0 unspecified atom stereocenters. The van der Waals surface area contributed by atoms with Crippen LogP contribution in [0.4, 0.5) is 5.69 Å². The summed E-state index contributed by atoms with van der Waals surface area (Å²) in [6.07, 6.45) is 1.21. The molecule has 0 spiro atoms. The first-order chi connectivity index (χ1) is 18.0. The van der Waals surface area contributed by atoms with Gasteiger partial charge in [0.25, 0.3) is 11.5 Å². The topological polar surface area (TPSA) is 92.2 Å². The second kappa shape index (κ2) is 9.72. The normalized spacial score (nSPS) is 19.4.